The highest BCUT2D eigenvalue weighted by Crippen LogP contribution is 2.22. The van der Waals surface area contributed by atoms with E-state index in [1.54, 1.807) is 0 Å². The Morgan fingerprint density at radius 2 is 0.750 bits per heavy atom. The van der Waals surface area contributed by atoms with Gasteiger partial charge in [0.2, 0.25) is 0 Å². The Labute approximate surface area is 157 Å². The van der Waals surface area contributed by atoms with Crippen LogP contribution in [0.2, 0.25) is 76.8 Å². The Morgan fingerprint density at radius 3 is 1.00 bits per heavy atom. The van der Waals surface area contributed by atoms with E-state index in [4.69, 9.17) is 8.85 Å². The summed E-state index contributed by atoms with van der Waals surface area (Å²) in [6.45, 7) is 26.3. The van der Waals surface area contributed by atoms with Crippen LogP contribution in [0.3, 0.4) is 0 Å². The molecule has 0 N–H and O–H groups in total. The smallest absolute Gasteiger partial charge is 0.184 e. The van der Waals surface area contributed by atoms with Crippen LogP contribution in [0.5, 0.6) is 0 Å². The molecular weight excluding hydrogens is 361 g/mol. The van der Waals surface area contributed by atoms with Gasteiger partial charge in [-0.05, 0) is 50.4 Å². The van der Waals surface area contributed by atoms with E-state index in [1.165, 1.54) is 37.0 Å². The molecule has 6 heteroatoms. The van der Waals surface area contributed by atoms with E-state index in [-0.39, 0.29) is 0 Å². The van der Waals surface area contributed by atoms with E-state index >= 15 is 0 Å². The fraction of sp³-hybridized carbons (Fsp3) is 1.00. The average Bonchev–Trinajstić information content (AvgIpc) is 2.25. The van der Waals surface area contributed by atoms with Gasteiger partial charge >= 0.3 is 0 Å². The van der Waals surface area contributed by atoms with Crippen molar-refractivity contribution in [3.63, 3.8) is 0 Å². The highest BCUT2D eigenvalue weighted by atomic mass is 28.4. The van der Waals surface area contributed by atoms with E-state index in [1.807, 2.05) is 0 Å². The molecule has 0 heterocycles. The van der Waals surface area contributed by atoms with Crippen LogP contribution < -0.4 is 0 Å². The maximum atomic E-state index is 6.27. The predicted octanol–water partition coefficient (Wildman–Crippen LogP) is 6.75. The molecule has 0 fully saturated rings. The molecule has 0 aliphatic heterocycles. The van der Waals surface area contributed by atoms with Crippen molar-refractivity contribution < 1.29 is 8.85 Å². The third-order valence-electron chi connectivity index (χ3n) is 3.94. The van der Waals surface area contributed by atoms with Crippen molar-refractivity contribution in [1.29, 1.82) is 0 Å². The molecule has 0 bridgehead atoms. The maximum Gasteiger partial charge on any atom is 0.184 e. The van der Waals surface area contributed by atoms with Gasteiger partial charge in [-0.3, -0.25) is 0 Å². The highest BCUT2D eigenvalue weighted by Gasteiger charge is 2.30. The van der Waals surface area contributed by atoms with E-state index in [2.05, 4.69) is 65.5 Å². The van der Waals surface area contributed by atoms with Crippen molar-refractivity contribution in [3.8, 4) is 0 Å². The van der Waals surface area contributed by atoms with Gasteiger partial charge in [0, 0.05) is 29.4 Å². The lowest BCUT2D eigenvalue weighted by atomic mass is 10.2. The Hall–Kier alpha value is 0.788. The van der Waals surface area contributed by atoms with Gasteiger partial charge in [-0.15, -0.1) is 0 Å². The molecule has 0 rings (SSSR count). The van der Waals surface area contributed by atoms with Crippen molar-refractivity contribution in [2.75, 3.05) is 13.2 Å². The van der Waals surface area contributed by atoms with Crippen LogP contribution in [-0.2, 0) is 8.85 Å². The standard InChI is InChI=1S/C18H46O2Si4/c1-21(2,3)17-23(7,8)19-15-13-11-12-14-16-20-24(9,10)18-22(4,5)6/h11-18H2,1-10H3. The van der Waals surface area contributed by atoms with Crippen LogP contribution in [0.15, 0.2) is 0 Å². The van der Waals surface area contributed by atoms with E-state index < -0.39 is 32.8 Å². The molecule has 0 aliphatic carbocycles. The van der Waals surface area contributed by atoms with Crippen LogP contribution in [0.25, 0.3) is 0 Å². The highest BCUT2D eigenvalue weighted by molar-refractivity contribution is 6.92. The van der Waals surface area contributed by atoms with Crippen LogP contribution in [0.1, 0.15) is 25.7 Å². The van der Waals surface area contributed by atoms with Gasteiger partial charge in [0.05, 0.1) is 0 Å². The number of hydrogen-bond acceptors (Lipinski definition) is 2. The zero-order valence-electron chi connectivity index (χ0n) is 18.5. The topological polar surface area (TPSA) is 18.5 Å². The molecule has 2 nitrogen and oxygen atoms in total. The van der Waals surface area contributed by atoms with E-state index in [9.17, 15) is 0 Å². The molecule has 0 aliphatic rings. The lowest BCUT2D eigenvalue weighted by Gasteiger charge is -2.29. The number of rotatable bonds is 13. The SMILES string of the molecule is C[Si](C)(C)C[Si](C)(C)OCCCCCCO[Si](C)(C)C[Si](C)(C)C. The molecule has 0 spiro atoms. The van der Waals surface area contributed by atoms with Gasteiger partial charge < -0.3 is 8.85 Å². The van der Waals surface area contributed by atoms with E-state index in [0.717, 1.165) is 13.2 Å². The first-order valence-electron chi connectivity index (χ1n) is 9.90. The molecule has 0 aromatic rings. The number of unbranched alkanes of at least 4 members (excludes halogenated alkanes) is 3. The first-order chi connectivity index (χ1) is 10.6. The average molecular weight is 407 g/mol. The Morgan fingerprint density at radius 1 is 0.458 bits per heavy atom. The summed E-state index contributed by atoms with van der Waals surface area (Å²) >= 11 is 0. The van der Waals surface area contributed by atoms with Crippen LogP contribution in [-0.4, -0.2) is 46.0 Å². The first-order valence-corrected chi connectivity index (χ1v) is 23.5. The molecule has 0 atom stereocenters. The van der Waals surface area contributed by atoms with Crippen molar-refractivity contribution in [3.05, 3.63) is 0 Å². The first kappa shape index (κ1) is 24.8. The summed E-state index contributed by atoms with van der Waals surface area (Å²) in [6, 6.07) is 0. The third kappa shape index (κ3) is 16.3. The quantitative estimate of drug-likeness (QED) is 0.249. The zero-order chi connectivity index (χ0) is 19.1. The van der Waals surface area contributed by atoms with Crippen molar-refractivity contribution in [2.45, 2.75) is 102 Å². The Bertz CT molecular complexity index is 310. The van der Waals surface area contributed by atoms with Crippen molar-refractivity contribution >= 4 is 32.8 Å². The minimum atomic E-state index is -1.42. The fourth-order valence-corrected chi connectivity index (χ4v) is 26.6. The second-order valence-electron chi connectivity index (χ2n) is 11.1. The lowest BCUT2D eigenvalue weighted by Crippen LogP contribution is -2.40. The Balaban J connectivity index is 3.71. The summed E-state index contributed by atoms with van der Waals surface area (Å²) in [5, 5.41) is 0. The molecule has 24 heavy (non-hydrogen) atoms. The normalized spacial score (nSPS) is 14.2. The molecular formula is C18H46O2Si4. The summed E-state index contributed by atoms with van der Waals surface area (Å²) in [5.74, 6) is 0. The summed E-state index contributed by atoms with van der Waals surface area (Å²) in [7, 11) is -4.81. The van der Waals surface area contributed by atoms with Crippen molar-refractivity contribution in [1.82, 2.24) is 0 Å². The van der Waals surface area contributed by atoms with Gasteiger partial charge in [-0.1, -0.05) is 52.1 Å². The molecule has 0 amide bonds. The van der Waals surface area contributed by atoms with Crippen LogP contribution in [0, 0.1) is 0 Å². The lowest BCUT2D eigenvalue weighted by molar-refractivity contribution is 0.280. The molecule has 0 aromatic heterocycles. The number of hydrogen-bond donors (Lipinski definition) is 0. The van der Waals surface area contributed by atoms with Gasteiger partial charge in [0.1, 0.15) is 0 Å². The zero-order valence-corrected chi connectivity index (χ0v) is 22.5. The maximum absolute atomic E-state index is 6.27. The Kier molecular flexibility index (Phi) is 10.5. The van der Waals surface area contributed by atoms with Gasteiger partial charge in [-0.25, -0.2) is 0 Å². The molecule has 146 valence electrons. The molecule has 0 saturated heterocycles. The minimum absolute atomic E-state index is 0.973. The largest absolute Gasteiger partial charge is 0.418 e. The summed E-state index contributed by atoms with van der Waals surface area (Å²) in [4.78, 5) is 0. The van der Waals surface area contributed by atoms with E-state index in [0.29, 0.717) is 0 Å². The summed E-state index contributed by atoms with van der Waals surface area (Å²) in [5.41, 5.74) is 2.76. The fourth-order valence-electron chi connectivity index (χ4n) is 3.91. The summed E-state index contributed by atoms with van der Waals surface area (Å²) in [6.07, 6.45) is 5.02. The van der Waals surface area contributed by atoms with Crippen LogP contribution >= 0.6 is 0 Å². The van der Waals surface area contributed by atoms with Gasteiger partial charge in [0.15, 0.2) is 16.6 Å². The predicted molar refractivity (Wildman–Crippen MR) is 122 cm³/mol. The second-order valence-corrected chi connectivity index (χ2v) is 31.8. The second kappa shape index (κ2) is 10.2. The molecule has 0 unspecified atom stereocenters. The molecule has 0 aromatic carbocycles. The minimum Gasteiger partial charge on any atom is -0.418 e. The van der Waals surface area contributed by atoms with Crippen LogP contribution in [0.4, 0.5) is 0 Å². The summed E-state index contributed by atoms with van der Waals surface area (Å²) < 4.78 is 12.5. The molecule has 0 radical (unpaired) electrons. The molecule has 0 saturated carbocycles. The van der Waals surface area contributed by atoms with Gasteiger partial charge in [-0.2, -0.15) is 0 Å². The van der Waals surface area contributed by atoms with Crippen molar-refractivity contribution in [2.24, 2.45) is 0 Å². The monoisotopic (exact) mass is 406 g/mol. The third-order valence-corrected chi connectivity index (χ3v) is 21.2. The van der Waals surface area contributed by atoms with Gasteiger partial charge in [0.25, 0.3) is 0 Å².